The van der Waals surface area contributed by atoms with Gasteiger partial charge in [-0.15, -0.1) is 0 Å². The van der Waals surface area contributed by atoms with Gasteiger partial charge in [-0.2, -0.15) is 0 Å². The molecule has 0 saturated heterocycles. The fourth-order valence-electron chi connectivity index (χ4n) is 3.68. The minimum absolute atomic E-state index is 0.298. The maximum atomic E-state index is 12.4. The summed E-state index contributed by atoms with van der Waals surface area (Å²) in [5.41, 5.74) is 3.48. The number of nitrogens with zero attached hydrogens (tertiary/aromatic N) is 1. The first-order valence-corrected chi connectivity index (χ1v) is 9.02. The van der Waals surface area contributed by atoms with Gasteiger partial charge in [-0.1, -0.05) is 36.4 Å². The normalized spacial score (nSPS) is 18.1. The highest BCUT2D eigenvalue weighted by Gasteiger charge is 2.36. The Kier molecular flexibility index (Phi) is 4.59. The van der Waals surface area contributed by atoms with Gasteiger partial charge < -0.3 is 4.74 Å². The number of benzene rings is 2. The van der Waals surface area contributed by atoms with Gasteiger partial charge >= 0.3 is 5.97 Å². The van der Waals surface area contributed by atoms with Crippen LogP contribution in [0.3, 0.4) is 0 Å². The summed E-state index contributed by atoms with van der Waals surface area (Å²) < 4.78 is 5.40. The minimum Gasteiger partial charge on any atom is -0.462 e. The number of aryl methyl sites for hydroxylation is 1. The molecule has 1 aliphatic heterocycles. The number of carbonyl (C=O) groups excluding carboxylic acids is 3. The molecule has 2 amide bonds. The van der Waals surface area contributed by atoms with Crippen molar-refractivity contribution in [2.75, 3.05) is 6.61 Å². The van der Waals surface area contributed by atoms with Crippen LogP contribution in [0.1, 0.15) is 39.5 Å². The zero-order valence-electron chi connectivity index (χ0n) is 14.8. The van der Waals surface area contributed by atoms with Gasteiger partial charge in [0.05, 0.1) is 18.2 Å². The standard InChI is InChI=1S/C22H19NO4/c24-20-10-11-21(25)23(20)19-9-8-16-6-7-17(14-18(16)19)22(26)27-13-12-15-4-2-1-3-5-15/h1-7,10-11,14,19H,8-9,12-13H2/t19-/m0/s1. The van der Waals surface area contributed by atoms with Gasteiger partial charge in [0, 0.05) is 18.6 Å². The van der Waals surface area contributed by atoms with Crippen molar-refractivity contribution in [1.82, 2.24) is 4.90 Å². The molecule has 27 heavy (non-hydrogen) atoms. The summed E-state index contributed by atoms with van der Waals surface area (Å²) in [4.78, 5) is 37.7. The van der Waals surface area contributed by atoms with Crippen LogP contribution < -0.4 is 0 Å². The van der Waals surface area contributed by atoms with Crippen LogP contribution in [0.25, 0.3) is 0 Å². The van der Waals surface area contributed by atoms with E-state index in [1.165, 1.54) is 17.1 Å². The topological polar surface area (TPSA) is 63.7 Å². The second kappa shape index (κ2) is 7.19. The summed E-state index contributed by atoms with van der Waals surface area (Å²) in [6, 6.07) is 14.9. The molecule has 0 unspecified atom stereocenters. The number of amides is 2. The first kappa shape index (κ1) is 17.2. The van der Waals surface area contributed by atoms with E-state index in [-0.39, 0.29) is 17.9 Å². The summed E-state index contributed by atoms with van der Waals surface area (Å²) in [6.45, 7) is 0.302. The van der Waals surface area contributed by atoms with E-state index in [1.54, 1.807) is 12.1 Å². The molecule has 1 heterocycles. The SMILES string of the molecule is O=C(OCCc1ccccc1)c1ccc2c(c1)[C@@H](N1C(=O)C=CC1=O)CC2. The van der Waals surface area contributed by atoms with E-state index in [0.717, 1.165) is 23.1 Å². The predicted octanol–water partition coefficient (Wildman–Crippen LogP) is 3.00. The average Bonchev–Trinajstić information content (AvgIpc) is 3.24. The van der Waals surface area contributed by atoms with Crippen LogP contribution in [0.4, 0.5) is 0 Å². The van der Waals surface area contributed by atoms with Crippen LogP contribution in [0, 0.1) is 0 Å². The van der Waals surface area contributed by atoms with Crippen LogP contribution in [-0.2, 0) is 27.2 Å². The molecule has 0 aromatic heterocycles. The predicted molar refractivity (Wildman–Crippen MR) is 98.9 cm³/mol. The largest absolute Gasteiger partial charge is 0.462 e. The highest BCUT2D eigenvalue weighted by molar-refractivity contribution is 6.13. The lowest BCUT2D eigenvalue weighted by molar-refractivity contribution is -0.139. The molecule has 0 fully saturated rings. The Balaban J connectivity index is 1.46. The molecule has 2 aromatic carbocycles. The summed E-state index contributed by atoms with van der Waals surface area (Å²) in [5.74, 6) is -0.987. The third-order valence-corrected chi connectivity index (χ3v) is 5.05. The molecule has 0 radical (unpaired) electrons. The number of ether oxygens (including phenoxy) is 1. The van der Waals surface area contributed by atoms with E-state index >= 15 is 0 Å². The Morgan fingerprint density at radius 3 is 2.52 bits per heavy atom. The van der Waals surface area contributed by atoms with E-state index in [0.29, 0.717) is 25.0 Å². The highest BCUT2D eigenvalue weighted by Crippen LogP contribution is 2.37. The number of esters is 1. The van der Waals surface area contributed by atoms with Gasteiger partial charge in [0.1, 0.15) is 0 Å². The van der Waals surface area contributed by atoms with Crippen LogP contribution in [0.15, 0.2) is 60.7 Å². The molecule has 5 nitrogen and oxygen atoms in total. The molecule has 1 atom stereocenters. The van der Waals surface area contributed by atoms with Crippen molar-refractivity contribution in [2.24, 2.45) is 0 Å². The summed E-state index contributed by atoms with van der Waals surface area (Å²) in [6.07, 6.45) is 4.70. The number of hydrogen-bond acceptors (Lipinski definition) is 4. The number of imide groups is 1. The van der Waals surface area contributed by atoms with Gasteiger partial charge in [-0.3, -0.25) is 14.5 Å². The van der Waals surface area contributed by atoms with Crippen LogP contribution >= 0.6 is 0 Å². The fraction of sp³-hybridized carbons (Fsp3) is 0.227. The lowest BCUT2D eigenvalue weighted by Gasteiger charge is -2.23. The smallest absolute Gasteiger partial charge is 0.338 e. The molecule has 0 spiro atoms. The average molecular weight is 361 g/mol. The van der Waals surface area contributed by atoms with Crippen molar-refractivity contribution in [3.8, 4) is 0 Å². The summed E-state index contributed by atoms with van der Waals surface area (Å²) >= 11 is 0. The van der Waals surface area contributed by atoms with Gasteiger partial charge in [0.15, 0.2) is 0 Å². The van der Waals surface area contributed by atoms with E-state index < -0.39 is 5.97 Å². The number of fused-ring (bicyclic) bond motifs is 1. The Labute approximate surface area is 157 Å². The second-order valence-corrected chi connectivity index (χ2v) is 6.72. The van der Waals surface area contributed by atoms with E-state index in [9.17, 15) is 14.4 Å². The third-order valence-electron chi connectivity index (χ3n) is 5.05. The van der Waals surface area contributed by atoms with Crippen LogP contribution in [0.2, 0.25) is 0 Å². The maximum absolute atomic E-state index is 12.4. The molecule has 0 saturated carbocycles. The minimum atomic E-state index is -0.392. The van der Waals surface area contributed by atoms with E-state index in [4.69, 9.17) is 4.74 Å². The number of rotatable bonds is 5. The molecular weight excluding hydrogens is 342 g/mol. The zero-order valence-corrected chi connectivity index (χ0v) is 14.8. The lowest BCUT2D eigenvalue weighted by Crippen LogP contribution is -2.33. The number of carbonyl (C=O) groups is 3. The fourth-order valence-corrected chi connectivity index (χ4v) is 3.68. The molecule has 136 valence electrons. The first-order valence-electron chi connectivity index (χ1n) is 9.02. The maximum Gasteiger partial charge on any atom is 0.338 e. The van der Waals surface area contributed by atoms with Crippen molar-refractivity contribution in [3.05, 3.63) is 82.9 Å². The molecule has 0 bridgehead atoms. The van der Waals surface area contributed by atoms with Gasteiger partial charge in [-0.25, -0.2) is 4.79 Å². The van der Waals surface area contributed by atoms with E-state index in [1.807, 2.05) is 36.4 Å². The first-order chi connectivity index (χ1) is 13.1. The molecule has 2 aliphatic rings. The Morgan fingerprint density at radius 1 is 1.04 bits per heavy atom. The Bertz CT molecular complexity index is 915. The molecule has 0 N–H and O–H groups in total. The van der Waals surface area contributed by atoms with Gasteiger partial charge in [0.25, 0.3) is 11.8 Å². The molecule has 4 rings (SSSR count). The van der Waals surface area contributed by atoms with Gasteiger partial charge in [0.2, 0.25) is 0 Å². The highest BCUT2D eigenvalue weighted by atomic mass is 16.5. The van der Waals surface area contributed by atoms with Crippen LogP contribution in [-0.4, -0.2) is 29.3 Å². The second-order valence-electron chi connectivity index (χ2n) is 6.72. The monoisotopic (exact) mass is 361 g/mol. The molecule has 2 aromatic rings. The quantitative estimate of drug-likeness (QED) is 0.607. The molecular formula is C22H19NO4. The molecule has 1 aliphatic carbocycles. The Morgan fingerprint density at radius 2 is 1.78 bits per heavy atom. The zero-order chi connectivity index (χ0) is 18.8. The van der Waals surface area contributed by atoms with Crippen molar-refractivity contribution in [2.45, 2.75) is 25.3 Å². The van der Waals surface area contributed by atoms with E-state index in [2.05, 4.69) is 0 Å². The van der Waals surface area contributed by atoms with Crippen molar-refractivity contribution in [3.63, 3.8) is 0 Å². The summed E-state index contributed by atoms with van der Waals surface area (Å²) in [5, 5.41) is 0. The van der Waals surface area contributed by atoms with Crippen molar-refractivity contribution in [1.29, 1.82) is 0 Å². The van der Waals surface area contributed by atoms with Gasteiger partial charge in [-0.05, 0) is 41.7 Å². The third kappa shape index (κ3) is 3.40. The summed E-state index contributed by atoms with van der Waals surface area (Å²) in [7, 11) is 0. The molecule has 5 heteroatoms. The number of hydrogen-bond donors (Lipinski definition) is 0. The van der Waals surface area contributed by atoms with Crippen LogP contribution in [0.5, 0.6) is 0 Å². The Hall–Kier alpha value is -3.21. The van der Waals surface area contributed by atoms with Crippen molar-refractivity contribution >= 4 is 17.8 Å². The van der Waals surface area contributed by atoms with Crippen molar-refractivity contribution < 1.29 is 19.1 Å². The lowest BCUT2D eigenvalue weighted by atomic mass is 10.0.